The van der Waals surface area contributed by atoms with Crippen molar-refractivity contribution in [1.82, 2.24) is 0 Å². The van der Waals surface area contributed by atoms with Crippen molar-refractivity contribution in [3.63, 3.8) is 0 Å². The van der Waals surface area contributed by atoms with Crippen molar-refractivity contribution in [3.8, 4) is 0 Å². The Morgan fingerprint density at radius 3 is 1.61 bits per heavy atom. The molecular weight excluding hydrogens is 465 g/mol. The zero-order chi connectivity index (χ0) is 18.6. The summed E-state index contributed by atoms with van der Waals surface area (Å²) in [5.41, 5.74) is -2.52. The van der Waals surface area contributed by atoms with Crippen molar-refractivity contribution < 1.29 is 60.5 Å². The molecule has 11 heteroatoms. The number of hydrogen-bond acceptors (Lipinski definition) is 3. The SMILES string of the molecule is Cc1cc(C)c([I+]CC(F)(F)F)c(C)c1.O=S(=O)([O-])C(F)(F)F. The first-order valence-electron chi connectivity index (χ1n) is 5.80. The number of alkyl halides is 7. The molecule has 0 aliphatic heterocycles. The Balaban J connectivity index is 0.000000515. The summed E-state index contributed by atoms with van der Waals surface area (Å²) >= 11 is -0.944. The van der Waals surface area contributed by atoms with Crippen LogP contribution < -0.4 is 21.2 Å². The standard InChI is InChI=1S/C11H13F3I.CHF3O3S/c1-7-4-8(2)10(9(3)5-7)15-6-11(12,13)14;2-1(3,4)8(5,6)7/h4-5H,6H2,1-3H3;(H,5,6,7)/q+1;/p-1. The first-order chi connectivity index (χ1) is 10.0. The molecule has 0 amide bonds. The van der Waals surface area contributed by atoms with Crippen LogP contribution in [0, 0.1) is 24.3 Å². The first-order valence-corrected chi connectivity index (χ1v) is 9.82. The molecule has 0 aromatic heterocycles. The van der Waals surface area contributed by atoms with Crippen LogP contribution in [0.15, 0.2) is 12.1 Å². The van der Waals surface area contributed by atoms with Gasteiger partial charge < -0.3 is 4.55 Å². The zero-order valence-corrected chi connectivity index (χ0v) is 15.1. The largest absolute Gasteiger partial charge is 0.741 e. The lowest BCUT2D eigenvalue weighted by atomic mass is 10.1. The molecule has 0 N–H and O–H groups in total. The van der Waals surface area contributed by atoms with Crippen LogP contribution in [0.5, 0.6) is 0 Å². The maximum absolute atomic E-state index is 12.1. The van der Waals surface area contributed by atoms with Gasteiger partial charge in [-0.05, 0) is 20.8 Å². The van der Waals surface area contributed by atoms with Crippen LogP contribution in [0.3, 0.4) is 0 Å². The van der Waals surface area contributed by atoms with E-state index in [1.54, 1.807) is 0 Å². The summed E-state index contributed by atoms with van der Waals surface area (Å²) in [6.07, 6.45) is -4.02. The molecule has 0 aliphatic carbocycles. The average Bonchev–Trinajstić information content (AvgIpc) is 2.23. The van der Waals surface area contributed by atoms with Crippen molar-refractivity contribution in [2.45, 2.75) is 32.5 Å². The lowest BCUT2D eigenvalue weighted by Gasteiger charge is -2.08. The molecule has 0 unspecified atom stereocenters. The minimum Gasteiger partial charge on any atom is -0.741 e. The molecule has 0 atom stereocenters. The fraction of sp³-hybridized carbons (Fsp3) is 0.500. The predicted molar refractivity (Wildman–Crippen MR) is 66.0 cm³/mol. The van der Waals surface area contributed by atoms with E-state index in [4.69, 9.17) is 13.0 Å². The van der Waals surface area contributed by atoms with Gasteiger partial charge in [-0.3, -0.25) is 0 Å². The highest BCUT2D eigenvalue weighted by atomic mass is 127. The Kier molecular flexibility index (Phi) is 7.82. The van der Waals surface area contributed by atoms with E-state index in [1.165, 1.54) is 0 Å². The molecule has 23 heavy (non-hydrogen) atoms. The van der Waals surface area contributed by atoms with Crippen molar-refractivity contribution in [3.05, 3.63) is 32.4 Å². The van der Waals surface area contributed by atoms with Gasteiger partial charge in [0, 0.05) is 11.1 Å². The minimum absolute atomic E-state index is 0.628. The molecule has 1 aromatic rings. The van der Waals surface area contributed by atoms with Crippen molar-refractivity contribution in [1.29, 1.82) is 0 Å². The molecule has 1 aromatic carbocycles. The van der Waals surface area contributed by atoms with Crippen LogP contribution in [-0.2, 0) is 10.1 Å². The molecule has 0 fully saturated rings. The van der Waals surface area contributed by atoms with E-state index in [-0.39, 0.29) is 0 Å². The van der Waals surface area contributed by atoms with Gasteiger partial charge in [-0.25, -0.2) is 8.42 Å². The maximum atomic E-state index is 12.1. The van der Waals surface area contributed by atoms with Gasteiger partial charge in [0.05, 0.1) is 0 Å². The minimum atomic E-state index is -6.09. The van der Waals surface area contributed by atoms with Crippen LogP contribution in [0.2, 0.25) is 0 Å². The fourth-order valence-electron chi connectivity index (χ4n) is 1.52. The number of benzene rings is 1. The second-order valence-corrected chi connectivity index (χ2v) is 8.47. The Morgan fingerprint density at radius 2 is 1.35 bits per heavy atom. The third-order valence-electron chi connectivity index (χ3n) is 2.22. The summed E-state index contributed by atoms with van der Waals surface area (Å²) in [4.78, 5) is 0. The molecule has 0 saturated carbocycles. The lowest BCUT2D eigenvalue weighted by Crippen LogP contribution is -3.63. The molecule has 0 saturated heterocycles. The average molecular weight is 478 g/mol. The van der Waals surface area contributed by atoms with E-state index >= 15 is 0 Å². The number of aryl methyl sites for hydroxylation is 3. The van der Waals surface area contributed by atoms with Crippen LogP contribution in [0.4, 0.5) is 26.3 Å². The van der Waals surface area contributed by atoms with E-state index in [2.05, 4.69) is 0 Å². The molecular formula is C12H13F6IO3S. The number of rotatable bonds is 2. The highest BCUT2D eigenvalue weighted by molar-refractivity contribution is 7.86. The van der Waals surface area contributed by atoms with Crippen molar-refractivity contribution in [2.24, 2.45) is 0 Å². The highest BCUT2D eigenvalue weighted by Gasteiger charge is 2.38. The van der Waals surface area contributed by atoms with E-state index in [9.17, 15) is 26.3 Å². The van der Waals surface area contributed by atoms with Gasteiger partial charge in [-0.1, -0.05) is 17.7 Å². The summed E-state index contributed by atoms with van der Waals surface area (Å²) in [7, 11) is -6.09. The van der Waals surface area contributed by atoms with Crippen molar-refractivity contribution in [2.75, 3.05) is 4.43 Å². The Hall–Kier alpha value is -0.560. The molecule has 3 nitrogen and oxygen atoms in total. The van der Waals surface area contributed by atoms with Gasteiger partial charge in [-0.2, -0.15) is 26.3 Å². The van der Waals surface area contributed by atoms with E-state index < -0.39 is 47.4 Å². The summed E-state index contributed by atoms with van der Waals surface area (Å²) in [6, 6.07) is 3.91. The predicted octanol–water partition coefficient (Wildman–Crippen LogP) is 0.484. The Bertz CT molecular complexity index is 614. The van der Waals surface area contributed by atoms with Gasteiger partial charge in [0.15, 0.2) is 13.7 Å². The van der Waals surface area contributed by atoms with E-state index in [0.29, 0.717) is 0 Å². The summed E-state index contributed by atoms with van der Waals surface area (Å²) < 4.78 is 95.6. The molecule has 0 heterocycles. The number of halogens is 7. The molecule has 134 valence electrons. The van der Waals surface area contributed by atoms with Crippen LogP contribution in [-0.4, -0.2) is 29.1 Å². The van der Waals surface area contributed by atoms with Crippen LogP contribution >= 0.6 is 0 Å². The number of hydrogen-bond donors (Lipinski definition) is 0. The molecule has 0 bridgehead atoms. The monoisotopic (exact) mass is 478 g/mol. The molecule has 0 spiro atoms. The summed E-state index contributed by atoms with van der Waals surface area (Å²) in [5, 5.41) is 0. The van der Waals surface area contributed by atoms with Gasteiger partial charge in [0.1, 0.15) is 0 Å². The lowest BCUT2D eigenvalue weighted by molar-refractivity contribution is -0.651. The smallest absolute Gasteiger partial charge is 0.485 e. The Labute approximate surface area is 140 Å². The van der Waals surface area contributed by atoms with Gasteiger partial charge in [0.2, 0.25) is 4.43 Å². The van der Waals surface area contributed by atoms with Crippen LogP contribution in [0.25, 0.3) is 0 Å². The molecule has 1 rings (SSSR count). The van der Waals surface area contributed by atoms with Gasteiger partial charge >= 0.3 is 32.9 Å². The fourth-order valence-corrected chi connectivity index (χ4v) is 3.84. The normalized spacial score (nSPS) is 12.6. The molecule has 0 aliphatic rings. The quantitative estimate of drug-likeness (QED) is 0.205. The second kappa shape index (κ2) is 8.01. The second-order valence-electron chi connectivity index (χ2n) is 4.50. The van der Waals surface area contributed by atoms with Gasteiger partial charge in [0.25, 0.3) is 0 Å². The van der Waals surface area contributed by atoms with E-state index in [0.717, 1.165) is 20.3 Å². The van der Waals surface area contributed by atoms with Gasteiger partial charge in [-0.15, -0.1) is 0 Å². The maximum Gasteiger partial charge on any atom is 0.485 e. The zero-order valence-electron chi connectivity index (χ0n) is 12.1. The van der Waals surface area contributed by atoms with Crippen molar-refractivity contribution >= 4 is 10.1 Å². The summed E-state index contributed by atoms with van der Waals surface area (Å²) in [6.45, 7) is 5.75. The topological polar surface area (TPSA) is 57.2 Å². The third-order valence-corrected chi connectivity index (χ3v) is 6.49. The molecule has 0 radical (unpaired) electrons. The van der Waals surface area contributed by atoms with E-state index in [1.807, 2.05) is 32.9 Å². The highest BCUT2D eigenvalue weighted by Crippen LogP contribution is 2.20. The summed E-state index contributed by atoms with van der Waals surface area (Å²) in [5.74, 6) is 0. The Morgan fingerprint density at radius 1 is 1.00 bits per heavy atom. The van der Waals surface area contributed by atoms with Crippen LogP contribution in [0.1, 0.15) is 16.7 Å². The first kappa shape index (κ1) is 22.4. The third kappa shape index (κ3) is 8.74.